The number of rotatable bonds is 19. The quantitative estimate of drug-likeness (QED) is 0.257. The van der Waals surface area contributed by atoms with Crippen LogP contribution < -0.4 is 0 Å². The summed E-state index contributed by atoms with van der Waals surface area (Å²) in [6.07, 6.45) is 14.1. The predicted molar refractivity (Wildman–Crippen MR) is 119 cm³/mol. The van der Waals surface area contributed by atoms with Crippen LogP contribution in [-0.4, -0.2) is 28.4 Å². The third-order valence-corrected chi connectivity index (χ3v) is 5.44. The maximum atomic E-state index is 11.1. The molecule has 0 radical (unpaired) electrons. The fourth-order valence-corrected chi connectivity index (χ4v) is 3.64. The number of ether oxygens (including phenoxy) is 1. The second-order valence-electron chi connectivity index (χ2n) is 8.22. The van der Waals surface area contributed by atoms with Gasteiger partial charge >= 0.3 is 5.97 Å². The normalized spacial score (nSPS) is 13.3. The Morgan fingerprint density at radius 2 is 1.45 bits per heavy atom. The number of hydrogen-bond acceptors (Lipinski definition) is 3. The predicted octanol–water partition coefficient (Wildman–Crippen LogP) is 6.50. The lowest BCUT2D eigenvalue weighted by atomic mass is 10.0. The zero-order chi connectivity index (χ0) is 21.2. The molecule has 1 aromatic carbocycles. The van der Waals surface area contributed by atoms with E-state index < -0.39 is 5.97 Å². The van der Waals surface area contributed by atoms with Crippen molar-refractivity contribution < 1.29 is 19.7 Å². The number of hydrogen-bond donors (Lipinski definition) is 2. The van der Waals surface area contributed by atoms with E-state index in [0.29, 0.717) is 13.0 Å². The molecule has 0 aliphatic rings. The fraction of sp³-hybridized carbons (Fsp3) is 0.720. The third-order valence-electron chi connectivity index (χ3n) is 5.44. The summed E-state index contributed by atoms with van der Waals surface area (Å²) >= 11 is 0. The number of unbranched alkanes of at least 4 members (excludes halogenated alkanes) is 8. The minimum Gasteiger partial charge on any atom is -0.481 e. The van der Waals surface area contributed by atoms with Gasteiger partial charge in [0.25, 0.3) is 0 Å². The van der Waals surface area contributed by atoms with Gasteiger partial charge < -0.3 is 14.9 Å². The van der Waals surface area contributed by atoms with Crippen LogP contribution in [0.3, 0.4) is 0 Å². The number of carboxylic acids is 1. The summed E-state index contributed by atoms with van der Waals surface area (Å²) in [6, 6.07) is 9.81. The van der Waals surface area contributed by atoms with E-state index in [1.807, 2.05) is 30.3 Å². The van der Waals surface area contributed by atoms with Crippen LogP contribution in [0.25, 0.3) is 0 Å². The average molecular weight is 407 g/mol. The largest absolute Gasteiger partial charge is 0.481 e. The van der Waals surface area contributed by atoms with E-state index in [9.17, 15) is 9.90 Å². The first-order chi connectivity index (χ1) is 14.1. The molecule has 166 valence electrons. The molecule has 0 spiro atoms. The summed E-state index contributed by atoms with van der Waals surface area (Å²) < 4.78 is 5.82. The molecule has 0 saturated carbocycles. The molecule has 1 rings (SSSR count). The highest BCUT2D eigenvalue weighted by Gasteiger charge is 2.15. The molecule has 1 aromatic rings. The number of aliphatic hydroxyl groups is 1. The highest BCUT2D eigenvalue weighted by atomic mass is 16.5. The first-order valence-corrected chi connectivity index (χ1v) is 11.7. The van der Waals surface area contributed by atoms with Crippen molar-refractivity contribution in [3.05, 3.63) is 35.9 Å². The Balaban J connectivity index is 2.09. The van der Waals surface area contributed by atoms with Crippen molar-refractivity contribution in [3.63, 3.8) is 0 Å². The van der Waals surface area contributed by atoms with Crippen molar-refractivity contribution in [2.24, 2.45) is 0 Å². The van der Waals surface area contributed by atoms with Crippen molar-refractivity contribution in [2.75, 3.05) is 0 Å². The number of carboxylic acid groups (broad SMARTS) is 1. The van der Waals surface area contributed by atoms with Gasteiger partial charge in [-0.15, -0.1) is 0 Å². The summed E-state index contributed by atoms with van der Waals surface area (Å²) in [5.74, 6) is -0.835. The molecule has 0 aromatic heterocycles. The van der Waals surface area contributed by atoms with Gasteiger partial charge in [0.05, 0.1) is 25.2 Å². The third kappa shape index (κ3) is 15.2. The summed E-state index contributed by atoms with van der Waals surface area (Å²) in [6.45, 7) is 2.68. The Hall–Kier alpha value is -1.39. The van der Waals surface area contributed by atoms with Crippen molar-refractivity contribution in [2.45, 2.75) is 116 Å². The first kappa shape index (κ1) is 25.6. The maximum Gasteiger partial charge on any atom is 0.305 e. The summed E-state index contributed by atoms with van der Waals surface area (Å²) in [5.41, 5.74) is 1.05. The Morgan fingerprint density at radius 3 is 2.07 bits per heavy atom. The Kier molecular flexibility index (Phi) is 15.4. The van der Waals surface area contributed by atoms with E-state index in [4.69, 9.17) is 9.84 Å². The van der Waals surface area contributed by atoms with Gasteiger partial charge in [-0.25, -0.2) is 0 Å². The molecule has 2 N–H and O–H groups in total. The lowest BCUT2D eigenvalue weighted by Gasteiger charge is -2.17. The van der Waals surface area contributed by atoms with Gasteiger partial charge in [0.2, 0.25) is 0 Å². The number of aliphatic hydroxyl groups excluding tert-OH is 1. The molecule has 0 bridgehead atoms. The average Bonchev–Trinajstić information content (AvgIpc) is 2.71. The fourth-order valence-electron chi connectivity index (χ4n) is 3.64. The van der Waals surface area contributed by atoms with Gasteiger partial charge in [0.1, 0.15) is 0 Å². The van der Waals surface area contributed by atoms with Crippen LogP contribution >= 0.6 is 0 Å². The molecular formula is C25H42O4. The highest BCUT2D eigenvalue weighted by Crippen LogP contribution is 2.16. The molecule has 0 aliphatic carbocycles. The molecule has 2 unspecified atom stereocenters. The monoisotopic (exact) mass is 406 g/mol. The van der Waals surface area contributed by atoms with Crippen molar-refractivity contribution in [3.8, 4) is 0 Å². The highest BCUT2D eigenvalue weighted by molar-refractivity contribution is 5.67. The second-order valence-corrected chi connectivity index (χ2v) is 8.22. The molecule has 29 heavy (non-hydrogen) atoms. The number of benzene rings is 1. The summed E-state index contributed by atoms with van der Waals surface area (Å²) in [5, 5.41) is 19.3. The zero-order valence-corrected chi connectivity index (χ0v) is 18.4. The zero-order valence-electron chi connectivity index (χ0n) is 18.4. The smallest absolute Gasteiger partial charge is 0.305 e. The van der Waals surface area contributed by atoms with Gasteiger partial charge in [-0.3, -0.25) is 4.79 Å². The maximum absolute atomic E-state index is 11.1. The molecule has 0 heterocycles. The van der Waals surface area contributed by atoms with Crippen LogP contribution in [0.15, 0.2) is 30.3 Å². The first-order valence-electron chi connectivity index (χ1n) is 11.7. The second kappa shape index (κ2) is 17.5. The van der Waals surface area contributed by atoms with Crippen LogP contribution in [0, 0.1) is 0 Å². The molecule has 0 aliphatic heterocycles. The minimum absolute atomic E-state index is 0.0151. The Morgan fingerprint density at radius 1 is 0.862 bits per heavy atom. The number of aliphatic carboxylic acids is 1. The Bertz CT molecular complexity index is 503. The molecule has 4 heteroatoms. The van der Waals surface area contributed by atoms with Gasteiger partial charge in [-0.05, 0) is 31.2 Å². The molecule has 0 saturated heterocycles. The van der Waals surface area contributed by atoms with Crippen molar-refractivity contribution >= 4 is 5.97 Å². The van der Waals surface area contributed by atoms with Crippen LogP contribution in [0.5, 0.6) is 0 Å². The van der Waals surface area contributed by atoms with E-state index in [-0.39, 0.29) is 18.6 Å². The van der Waals surface area contributed by atoms with Crippen LogP contribution in [-0.2, 0) is 16.1 Å². The van der Waals surface area contributed by atoms with Crippen molar-refractivity contribution in [1.29, 1.82) is 0 Å². The Labute approximate surface area is 177 Å². The lowest BCUT2D eigenvalue weighted by Crippen LogP contribution is -2.18. The van der Waals surface area contributed by atoms with Crippen LogP contribution in [0.2, 0.25) is 0 Å². The van der Waals surface area contributed by atoms with Crippen LogP contribution in [0.1, 0.15) is 102 Å². The summed E-state index contributed by atoms with van der Waals surface area (Å²) in [4.78, 5) is 11.1. The van der Waals surface area contributed by atoms with E-state index >= 15 is 0 Å². The molecule has 0 fully saturated rings. The van der Waals surface area contributed by atoms with Gasteiger partial charge in [-0.2, -0.15) is 0 Å². The van der Waals surface area contributed by atoms with E-state index in [1.54, 1.807) is 0 Å². The van der Waals surface area contributed by atoms with Gasteiger partial charge in [0, 0.05) is 0 Å². The number of carbonyl (C=O) groups is 1. The molecule has 2 atom stereocenters. The van der Waals surface area contributed by atoms with Gasteiger partial charge in [0.15, 0.2) is 0 Å². The van der Waals surface area contributed by atoms with E-state index in [1.165, 1.54) is 51.4 Å². The van der Waals surface area contributed by atoms with Gasteiger partial charge in [-0.1, -0.05) is 95.0 Å². The molecule has 4 nitrogen and oxygen atoms in total. The molecular weight excluding hydrogens is 364 g/mol. The SMILES string of the molecule is CCCCCCCCCCCC(O)CCCC(CC(=O)O)OCc1ccccc1. The molecule has 0 amide bonds. The topological polar surface area (TPSA) is 66.8 Å². The van der Waals surface area contributed by atoms with E-state index in [2.05, 4.69) is 6.92 Å². The minimum atomic E-state index is -0.835. The van der Waals surface area contributed by atoms with E-state index in [0.717, 1.165) is 31.2 Å². The standard InChI is InChI=1S/C25H42O4/c1-2-3-4-5-6-7-8-9-13-17-23(26)18-14-19-24(20-25(27)28)29-21-22-15-11-10-12-16-22/h10-12,15-16,23-24,26H,2-9,13-14,17-21H2,1H3,(H,27,28). The lowest BCUT2D eigenvalue weighted by molar-refractivity contribution is -0.140. The van der Waals surface area contributed by atoms with Crippen molar-refractivity contribution in [1.82, 2.24) is 0 Å². The summed E-state index contributed by atoms with van der Waals surface area (Å²) in [7, 11) is 0. The van der Waals surface area contributed by atoms with Crippen LogP contribution in [0.4, 0.5) is 0 Å².